The summed E-state index contributed by atoms with van der Waals surface area (Å²) in [5, 5.41) is 2.82. The summed E-state index contributed by atoms with van der Waals surface area (Å²) in [5.74, 6) is 0.681. The number of aryl methyl sites for hydroxylation is 1. The van der Waals surface area contributed by atoms with Gasteiger partial charge >= 0.3 is 0 Å². The summed E-state index contributed by atoms with van der Waals surface area (Å²) in [6.45, 7) is 4.94. The second-order valence-corrected chi connectivity index (χ2v) is 7.68. The Morgan fingerprint density at radius 2 is 1.90 bits per heavy atom. The lowest BCUT2D eigenvalue weighted by molar-refractivity contribution is -0.133. The van der Waals surface area contributed by atoms with Crippen molar-refractivity contribution >= 4 is 22.9 Å². The highest BCUT2D eigenvalue weighted by Crippen LogP contribution is 2.30. The first-order chi connectivity index (χ1) is 14.0. The number of nitrogens with zero attached hydrogens (tertiary/aromatic N) is 2. The minimum atomic E-state index is -0.566. The lowest BCUT2D eigenvalue weighted by Gasteiger charge is -2.32. The van der Waals surface area contributed by atoms with E-state index in [0.717, 1.165) is 35.4 Å². The molecule has 0 aliphatic carbocycles. The zero-order valence-electron chi connectivity index (χ0n) is 16.7. The molecule has 4 rings (SSSR count). The van der Waals surface area contributed by atoms with Gasteiger partial charge < -0.3 is 14.6 Å². The van der Waals surface area contributed by atoms with E-state index in [-0.39, 0.29) is 17.7 Å². The number of benzene rings is 2. The van der Waals surface area contributed by atoms with Crippen LogP contribution in [-0.4, -0.2) is 40.8 Å². The number of nitrogens with one attached hydrogen (secondary N) is 1. The summed E-state index contributed by atoms with van der Waals surface area (Å²) < 4.78 is 5.89. The third-order valence-corrected chi connectivity index (χ3v) is 5.46. The molecular formula is C23H25N3O3. The van der Waals surface area contributed by atoms with Crippen LogP contribution in [0.25, 0.3) is 11.1 Å². The molecule has 29 heavy (non-hydrogen) atoms. The number of para-hydroxylation sites is 2. The van der Waals surface area contributed by atoms with Crippen molar-refractivity contribution in [3.63, 3.8) is 0 Å². The standard InChI is InChI=1S/C23H25N3O3/c1-15-6-5-7-18(14-15)21(27)24-16(2)23(28)26-12-10-17(11-13-26)22-25-19-8-3-4-9-20(19)29-22/h3-9,14,16-17H,10-13H2,1-2H3,(H,24,27)/t16-/m0/s1. The van der Waals surface area contributed by atoms with Crippen LogP contribution >= 0.6 is 0 Å². The van der Waals surface area contributed by atoms with Crippen LogP contribution in [0.4, 0.5) is 0 Å². The Kier molecular flexibility index (Phi) is 5.34. The van der Waals surface area contributed by atoms with E-state index >= 15 is 0 Å². The van der Waals surface area contributed by atoms with Crippen molar-refractivity contribution in [2.75, 3.05) is 13.1 Å². The lowest BCUT2D eigenvalue weighted by Crippen LogP contribution is -2.49. The maximum Gasteiger partial charge on any atom is 0.251 e. The molecule has 0 saturated carbocycles. The number of hydrogen-bond acceptors (Lipinski definition) is 4. The highest BCUT2D eigenvalue weighted by atomic mass is 16.3. The second-order valence-electron chi connectivity index (χ2n) is 7.68. The molecule has 0 bridgehead atoms. The molecule has 3 aromatic rings. The summed E-state index contributed by atoms with van der Waals surface area (Å²) >= 11 is 0. The fraction of sp³-hybridized carbons (Fsp3) is 0.348. The summed E-state index contributed by atoms with van der Waals surface area (Å²) in [5.41, 5.74) is 3.25. The summed E-state index contributed by atoms with van der Waals surface area (Å²) in [6.07, 6.45) is 1.61. The normalized spacial score (nSPS) is 16.0. The van der Waals surface area contributed by atoms with Crippen molar-refractivity contribution in [1.29, 1.82) is 0 Å². The molecule has 2 heterocycles. The van der Waals surface area contributed by atoms with Crippen LogP contribution in [0, 0.1) is 6.92 Å². The van der Waals surface area contributed by atoms with Crippen LogP contribution in [-0.2, 0) is 4.79 Å². The van der Waals surface area contributed by atoms with Crippen molar-refractivity contribution in [2.45, 2.75) is 38.6 Å². The molecule has 1 aliphatic heterocycles. The molecule has 1 aliphatic rings. The maximum atomic E-state index is 12.8. The number of likely N-dealkylation sites (tertiary alicyclic amines) is 1. The van der Waals surface area contributed by atoms with Gasteiger partial charge in [-0.3, -0.25) is 9.59 Å². The van der Waals surface area contributed by atoms with Gasteiger partial charge in [0, 0.05) is 24.6 Å². The van der Waals surface area contributed by atoms with E-state index in [1.54, 1.807) is 13.0 Å². The number of oxazole rings is 1. The molecule has 6 heteroatoms. The average molecular weight is 391 g/mol. The molecule has 0 unspecified atom stereocenters. The average Bonchev–Trinajstić information content (AvgIpc) is 3.17. The molecule has 0 radical (unpaired) electrons. The largest absolute Gasteiger partial charge is 0.440 e. The van der Waals surface area contributed by atoms with Gasteiger partial charge in [0.15, 0.2) is 11.5 Å². The third-order valence-electron chi connectivity index (χ3n) is 5.46. The quantitative estimate of drug-likeness (QED) is 0.736. The molecule has 6 nitrogen and oxygen atoms in total. The van der Waals surface area contributed by atoms with Crippen LogP contribution < -0.4 is 5.32 Å². The van der Waals surface area contributed by atoms with Crippen LogP contribution in [0.15, 0.2) is 52.9 Å². The van der Waals surface area contributed by atoms with Crippen molar-refractivity contribution in [2.24, 2.45) is 0 Å². The maximum absolute atomic E-state index is 12.8. The first-order valence-electron chi connectivity index (χ1n) is 10.0. The number of hydrogen-bond donors (Lipinski definition) is 1. The molecule has 1 atom stereocenters. The van der Waals surface area contributed by atoms with E-state index in [4.69, 9.17) is 4.42 Å². The molecule has 1 N–H and O–H groups in total. The van der Waals surface area contributed by atoms with E-state index < -0.39 is 6.04 Å². The summed E-state index contributed by atoms with van der Waals surface area (Å²) in [7, 11) is 0. The predicted molar refractivity (Wildman–Crippen MR) is 111 cm³/mol. The molecule has 2 amide bonds. The van der Waals surface area contributed by atoms with Crippen LogP contribution in [0.5, 0.6) is 0 Å². The summed E-state index contributed by atoms with van der Waals surface area (Å²) in [4.78, 5) is 31.6. The minimum absolute atomic E-state index is 0.0537. The lowest BCUT2D eigenvalue weighted by atomic mass is 9.96. The molecule has 2 aromatic carbocycles. The third kappa shape index (κ3) is 4.16. The Bertz CT molecular complexity index is 1000. The van der Waals surface area contributed by atoms with Crippen molar-refractivity contribution in [3.8, 4) is 0 Å². The van der Waals surface area contributed by atoms with Gasteiger partial charge in [-0.15, -0.1) is 0 Å². The highest BCUT2D eigenvalue weighted by Gasteiger charge is 2.29. The van der Waals surface area contributed by atoms with Gasteiger partial charge in [-0.2, -0.15) is 0 Å². The Morgan fingerprint density at radius 3 is 2.62 bits per heavy atom. The van der Waals surface area contributed by atoms with E-state index in [1.165, 1.54) is 0 Å². The topological polar surface area (TPSA) is 75.4 Å². The van der Waals surface area contributed by atoms with Crippen molar-refractivity contribution < 1.29 is 14.0 Å². The number of piperidine rings is 1. The van der Waals surface area contributed by atoms with Gasteiger partial charge in [0.05, 0.1) is 0 Å². The van der Waals surface area contributed by atoms with Gasteiger partial charge in [0.1, 0.15) is 11.6 Å². The van der Waals surface area contributed by atoms with E-state index in [9.17, 15) is 9.59 Å². The van der Waals surface area contributed by atoms with Gasteiger partial charge in [-0.25, -0.2) is 4.98 Å². The zero-order chi connectivity index (χ0) is 20.4. The van der Waals surface area contributed by atoms with E-state index in [1.807, 2.05) is 54.3 Å². The summed E-state index contributed by atoms with van der Waals surface area (Å²) in [6, 6.07) is 14.5. The first-order valence-corrected chi connectivity index (χ1v) is 10.0. The van der Waals surface area contributed by atoms with Gasteiger partial charge in [-0.1, -0.05) is 29.8 Å². The van der Waals surface area contributed by atoms with Crippen molar-refractivity contribution in [3.05, 3.63) is 65.5 Å². The first kappa shape index (κ1) is 19.2. The number of fused-ring (bicyclic) bond motifs is 1. The Balaban J connectivity index is 1.34. The number of carbonyl (C=O) groups is 2. The molecule has 150 valence electrons. The van der Waals surface area contributed by atoms with E-state index in [2.05, 4.69) is 10.3 Å². The zero-order valence-corrected chi connectivity index (χ0v) is 16.7. The smallest absolute Gasteiger partial charge is 0.251 e. The van der Waals surface area contributed by atoms with Crippen LogP contribution in [0.2, 0.25) is 0 Å². The van der Waals surface area contributed by atoms with Crippen molar-refractivity contribution in [1.82, 2.24) is 15.2 Å². The van der Waals surface area contributed by atoms with Gasteiger partial charge in [0.2, 0.25) is 5.91 Å². The molecular weight excluding hydrogens is 366 g/mol. The van der Waals surface area contributed by atoms with E-state index in [0.29, 0.717) is 18.7 Å². The fourth-order valence-corrected chi connectivity index (χ4v) is 3.81. The van der Waals surface area contributed by atoms with Crippen LogP contribution in [0.3, 0.4) is 0 Å². The molecule has 1 aromatic heterocycles. The minimum Gasteiger partial charge on any atom is -0.440 e. The second kappa shape index (κ2) is 8.07. The SMILES string of the molecule is Cc1cccc(C(=O)N[C@@H](C)C(=O)N2CCC(c3nc4ccccc4o3)CC2)c1. The number of rotatable bonds is 4. The number of carbonyl (C=O) groups excluding carboxylic acids is 2. The Morgan fingerprint density at radius 1 is 1.14 bits per heavy atom. The highest BCUT2D eigenvalue weighted by molar-refractivity contribution is 5.97. The van der Waals surface area contributed by atoms with Gasteiger partial charge in [0.25, 0.3) is 5.91 Å². The molecule has 1 fully saturated rings. The fourth-order valence-electron chi connectivity index (χ4n) is 3.81. The van der Waals surface area contributed by atoms with Crippen LogP contribution in [0.1, 0.15) is 47.5 Å². The monoisotopic (exact) mass is 391 g/mol. The Labute approximate surface area is 169 Å². The molecule has 0 spiro atoms. The number of aromatic nitrogens is 1. The number of amides is 2. The Hall–Kier alpha value is -3.15. The van der Waals surface area contributed by atoms with Gasteiger partial charge in [-0.05, 0) is 51.0 Å². The predicted octanol–water partition coefficient (Wildman–Crippen LogP) is 3.66. The molecule has 1 saturated heterocycles.